The number of carbonyl (C=O) groups is 4. The number of rotatable bonds is 5. The molecule has 1 heterocycles. The summed E-state index contributed by atoms with van der Waals surface area (Å²) in [6.07, 6.45) is 0. The van der Waals surface area contributed by atoms with Crippen LogP contribution in [0.3, 0.4) is 0 Å². The molecule has 0 saturated carbocycles. The van der Waals surface area contributed by atoms with Gasteiger partial charge in [-0.25, -0.2) is 0 Å². The number of hydrogen-bond donors (Lipinski definition) is 0. The van der Waals surface area contributed by atoms with E-state index in [1.165, 1.54) is 19.1 Å². The molecule has 1 unspecified atom stereocenters. The molecule has 0 bridgehead atoms. The molecule has 0 spiro atoms. The molecule has 9 heteroatoms. The number of esters is 1. The van der Waals surface area contributed by atoms with Crippen molar-refractivity contribution in [2.24, 2.45) is 5.29 Å². The van der Waals surface area contributed by atoms with Crippen LogP contribution in [-0.4, -0.2) is 53.3 Å². The van der Waals surface area contributed by atoms with Crippen LogP contribution in [0.2, 0.25) is 0 Å². The number of carbonyl (C=O) groups excluding carboxylic acids is 4. The van der Waals surface area contributed by atoms with E-state index in [2.05, 4.69) is 10.0 Å². The van der Waals surface area contributed by atoms with Crippen LogP contribution in [0.1, 0.15) is 27.6 Å². The van der Waals surface area contributed by atoms with Crippen molar-refractivity contribution in [2.45, 2.75) is 13.0 Å². The lowest BCUT2D eigenvalue weighted by Gasteiger charge is -2.24. The van der Waals surface area contributed by atoms with Gasteiger partial charge in [-0.2, -0.15) is 5.01 Å². The lowest BCUT2D eigenvalue weighted by molar-refractivity contribution is -0.148. The van der Waals surface area contributed by atoms with E-state index in [-0.39, 0.29) is 11.1 Å². The maximum Gasteiger partial charge on any atom is 0.327 e. The largest absolute Gasteiger partial charge is 0.468 e. The average molecular weight is 319 g/mol. The Morgan fingerprint density at radius 3 is 2.17 bits per heavy atom. The van der Waals surface area contributed by atoms with Crippen molar-refractivity contribution in [2.75, 3.05) is 13.7 Å². The van der Waals surface area contributed by atoms with Crippen molar-refractivity contribution in [1.29, 1.82) is 0 Å². The van der Waals surface area contributed by atoms with Gasteiger partial charge in [0.05, 0.1) is 23.5 Å². The molecular formula is C14H13N3O6. The Labute approximate surface area is 130 Å². The molecule has 1 aromatic rings. The van der Waals surface area contributed by atoms with Gasteiger partial charge in [-0.1, -0.05) is 12.1 Å². The molecule has 0 fully saturated rings. The van der Waals surface area contributed by atoms with E-state index in [4.69, 9.17) is 0 Å². The number of hydrogen-bond acceptors (Lipinski definition) is 7. The Bertz CT molecular complexity index is 667. The summed E-state index contributed by atoms with van der Waals surface area (Å²) >= 11 is 0. The molecule has 2 rings (SSSR count). The van der Waals surface area contributed by atoms with Crippen molar-refractivity contribution >= 4 is 23.7 Å². The van der Waals surface area contributed by atoms with Gasteiger partial charge in [-0.05, 0) is 19.1 Å². The fraction of sp³-hybridized carbons (Fsp3) is 0.286. The van der Waals surface area contributed by atoms with Crippen molar-refractivity contribution < 1.29 is 23.9 Å². The summed E-state index contributed by atoms with van der Waals surface area (Å²) in [6, 6.07) is 4.84. The molecule has 0 aromatic heterocycles. The first kappa shape index (κ1) is 16.3. The molecule has 9 nitrogen and oxygen atoms in total. The van der Waals surface area contributed by atoms with E-state index in [9.17, 15) is 24.1 Å². The molecule has 1 aliphatic rings. The standard InChI is InChI=1S/C14H13N3O6/c1-8(12(19)16(15-22)7-11(18)23-2)17-13(20)9-5-3-4-6-10(9)14(17)21/h3-6,8H,7H2,1-2H3. The lowest BCUT2D eigenvalue weighted by atomic mass is 10.1. The number of imide groups is 1. The minimum absolute atomic E-state index is 0.177. The first-order chi connectivity index (χ1) is 10.9. The first-order valence-electron chi connectivity index (χ1n) is 6.60. The van der Waals surface area contributed by atoms with Gasteiger partial charge in [0.2, 0.25) is 0 Å². The molecule has 1 atom stereocenters. The van der Waals surface area contributed by atoms with Crippen LogP contribution in [0.4, 0.5) is 0 Å². The summed E-state index contributed by atoms with van der Waals surface area (Å²) in [6.45, 7) is 0.575. The second kappa shape index (κ2) is 6.34. The summed E-state index contributed by atoms with van der Waals surface area (Å²) in [4.78, 5) is 59.5. The van der Waals surface area contributed by atoms with Crippen LogP contribution >= 0.6 is 0 Å². The van der Waals surface area contributed by atoms with Crippen LogP contribution in [-0.2, 0) is 14.3 Å². The monoisotopic (exact) mass is 319 g/mol. The summed E-state index contributed by atoms with van der Waals surface area (Å²) in [5, 5.41) is 2.77. The Morgan fingerprint density at radius 1 is 1.22 bits per heavy atom. The zero-order valence-electron chi connectivity index (χ0n) is 12.4. The number of ether oxygens (including phenoxy) is 1. The third-order valence-corrected chi connectivity index (χ3v) is 3.43. The number of nitrogens with zero attached hydrogens (tertiary/aromatic N) is 3. The second-order valence-electron chi connectivity index (χ2n) is 4.76. The third kappa shape index (κ3) is 2.80. The minimum Gasteiger partial charge on any atom is -0.468 e. The summed E-state index contributed by atoms with van der Waals surface area (Å²) < 4.78 is 4.35. The molecule has 1 aliphatic heterocycles. The summed E-state index contributed by atoms with van der Waals surface area (Å²) in [7, 11) is 1.09. The highest BCUT2D eigenvalue weighted by Gasteiger charge is 2.42. The van der Waals surface area contributed by atoms with Gasteiger partial charge in [0, 0.05) is 0 Å². The zero-order chi connectivity index (χ0) is 17.1. The number of benzene rings is 1. The van der Waals surface area contributed by atoms with Crippen LogP contribution in [0.15, 0.2) is 29.6 Å². The quantitative estimate of drug-likeness (QED) is 0.335. The van der Waals surface area contributed by atoms with Gasteiger partial charge < -0.3 is 4.74 Å². The predicted molar refractivity (Wildman–Crippen MR) is 75.9 cm³/mol. The van der Waals surface area contributed by atoms with Gasteiger partial charge in [-0.15, -0.1) is 4.91 Å². The van der Waals surface area contributed by atoms with E-state index in [0.717, 1.165) is 12.0 Å². The zero-order valence-corrected chi connectivity index (χ0v) is 12.4. The first-order valence-corrected chi connectivity index (χ1v) is 6.60. The Kier molecular flexibility index (Phi) is 4.49. The van der Waals surface area contributed by atoms with Gasteiger partial charge in [0.1, 0.15) is 12.6 Å². The van der Waals surface area contributed by atoms with Gasteiger partial charge in [0.15, 0.2) is 0 Å². The van der Waals surface area contributed by atoms with Crippen LogP contribution in [0.5, 0.6) is 0 Å². The maximum absolute atomic E-state index is 12.3. The van der Waals surface area contributed by atoms with E-state index in [1.54, 1.807) is 12.1 Å². The van der Waals surface area contributed by atoms with Crippen LogP contribution < -0.4 is 0 Å². The summed E-state index contributed by atoms with van der Waals surface area (Å²) in [5.41, 5.74) is 0.353. The van der Waals surface area contributed by atoms with Gasteiger partial charge in [-0.3, -0.25) is 24.1 Å². The predicted octanol–water partition coefficient (Wildman–Crippen LogP) is 0.354. The fourth-order valence-electron chi connectivity index (χ4n) is 2.22. The fourth-order valence-corrected chi connectivity index (χ4v) is 2.22. The third-order valence-electron chi connectivity index (χ3n) is 3.43. The highest BCUT2D eigenvalue weighted by molar-refractivity contribution is 6.22. The van der Waals surface area contributed by atoms with E-state index in [0.29, 0.717) is 5.01 Å². The van der Waals surface area contributed by atoms with Crippen molar-refractivity contribution in [3.63, 3.8) is 0 Å². The lowest BCUT2D eigenvalue weighted by Crippen LogP contribution is -2.49. The molecule has 3 amide bonds. The van der Waals surface area contributed by atoms with Crippen molar-refractivity contribution in [3.8, 4) is 0 Å². The Balaban J connectivity index is 2.24. The Hall–Kier alpha value is -3.10. The molecule has 1 aromatic carbocycles. The minimum atomic E-state index is -1.29. The highest BCUT2D eigenvalue weighted by Crippen LogP contribution is 2.25. The van der Waals surface area contributed by atoms with E-state index >= 15 is 0 Å². The van der Waals surface area contributed by atoms with Crippen molar-refractivity contribution in [3.05, 3.63) is 40.3 Å². The molecule has 120 valence electrons. The number of methoxy groups -OCH3 is 1. The van der Waals surface area contributed by atoms with E-state index in [1.807, 2.05) is 0 Å². The van der Waals surface area contributed by atoms with E-state index < -0.39 is 36.3 Å². The molecule has 0 aliphatic carbocycles. The van der Waals surface area contributed by atoms with Gasteiger partial charge in [0.25, 0.3) is 17.7 Å². The smallest absolute Gasteiger partial charge is 0.327 e. The molecule has 23 heavy (non-hydrogen) atoms. The normalized spacial score (nSPS) is 14.3. The van der Waals surface area contributed by atoms with Crippen molar-refractivity contribution in [1.82, 2.24) is 9.91 Å². The maximum atomic E-state index is 12.3. The Morgan fingerprint density at radius 2 is 1.74 bits per heavy atom. The number of nitroso groups, excluding NO2 is 1. The topological polar surface area (TPSA) is 113 Å². The van der Waals surface area contributed by atoms with Crippen LogP contribution in [0.25, 0.3) is 0 Å². The molecule has 0 saturated heterocycles. The number of fused-ring (bicyclic) bond motifs is 1. The second-order valence-corrected chi connectivity index (χ2v) is 4.76. The van der Waals surface area contributed by atoms with Crippen LogP contribution in [0, 0.1) is 4.91 Å². The summed E-state index contributed by atoms with van der Waals surface area (Å²) in [5.74, 6) is -3.10. The van der Waals surface area contributed by atoms with Gasteiger partial charge >= 0.3 is 5.97 Å². The molecular weight excluding hydrogens is 306 g/mol. The SMILES string of the molecule is COC(=O)CN(N=O)C(=O)C(C)N1C(=O)c2ccccc2C1=O. The molecule has 0 N–H and O–H groups in total. The average Bonchev–Trinajstić information content (AvgIpc) is 2.82. The number of amides is 3. The highest BCUT2D eigenvalue weighted by atomic mass is 16.5. The molecule has 0 radical (unpaired) electrons.